The van der Waals surface area contributed by atoms with Gasteiger partial charge in [0.15, 0.2) is 5.82 Å². The van der Waals surface area contributed by atoms with E-state index in [1.165, 1.54) is 13.2 Å². The highest BCUT2D eigenvalue weighted by atomic mass is 19.1. The molecular formula is C11H12FNO3. The number of benzene rings is 1. The van der Waals surface area contributed by atoms with Crippen molar-refractivity contribution in [3.63, 3.8) is 0 Å². The van der Waals surface area contributed by atoms with Gasteiger partial charge in [-0.2, -0.15) is 0 Å². The Labute approximate surface area is 92.1 Å². The van der Waals surface area contributed by atoms with E-state index in [9.17, 15) is 9.18 Å². The van der Waals surface area contributed by atoms with Crippen LogP contribution in [0.2, 0.25) is 0 Å². The van der Waals surface area contributed by atoms with Crippen molar-refractivity contribution in [2.24, 2.45) is 0 Å². The molecule has 5 heteroatoms. The van der Waals surface area contributed by atoms with Gasteiger partial charge in [0.1, 0.15) is 11.4 Å². The molecule has 2 rings (SSSR count). The highest BCUT2D eigenvalue weighted by molar-refractivity contribution is 5.90. The summed E-state index contributed by atoms with van der Waals surface area (Å²) in [6.07, 6.45) is 1.96. The van der Waals surface area contributed by atoms with Crippen LogP contribution in [0, 0.1) is 5.82 Å². The lowest BCUT2D eigenvalue weighted by molar-refractivity contribution is 0.0599. The van der Waals surface area contributed by atoms with E-state index in [2.05, 4.69) is 4.74 Å². The average molecular weight is 225 g/mol. The molecule has 2 N–H and O–H groups in total. The third-order valence-corrected chi connectivity index (χ3v) is 2.33. The van der Waals surface area contributed by atoms with Gasteiger partial charge in [-0.05, 0) is 25.0 Å². The molecule has 0 spiro atoms. The van der Waals surface area contributed by atoms with Gasteiger partial charge < -0.3 is 15.2 Å². The molecule has 1 aliphatic carbocycles. The lowest BCUT2D eigenvalue weighted by Gasteiger charge is -2.10. The Morgan fingerprint density at radius 3 is 2.75 bits per heavy atom. The minimum atomic E-state index is -0.668. The molecule has 0 bridgehead atoms. The highest BCUT2D eigenvalue weighted by Crippen LogP contribution is 2.33. The van der Waals surface area contributed by atoms with Crippen LogP contribution in [0.4, 0.5) is 10.1 Å². The zero-order valence-electron chi connectivity index (χ0n) is 8.83. The number of hydrogen-bond acceptors (Lipinski definition) is 4. The van der Waals surface area contributed by atoms with Crippen LogP contribution in [0.5, 0.6) is 5.75 Å². The van der Waals surface area contributed by atoms with E-state index in [4.69, 9.17) is 10.5 Å². The summed E-state index contributed by atoms with van der Waals surface area (Å²) < 4.78 is 23.3. The number of anilines is 1. The van der Waals surface area contributed by atoms with E-state index in [0.717, 1.165) is 18.9 Å². The van der Waals surface area contributed by atoms with Gasteiger partial charge in [-0.3, -0.25) is 0 Å². The second kappa shape index (κ2) is 4.00. The van der Waals surface area contributed by atoms with Gasteiger partial charge in [-0.15, -0.1) is 0 Å². The van der Waals surface area contributed by atoms with Gasteiger partial charge in [-0.1, -0.05) is 0 Å². The SMILES string of the molecule is COC(=O)c1cc(F)c(N)c(OC2CC2)c1. The standard InChI is InChI=1S/C11H12FNO3/c1-15-11(14)6-4-8(12)10(13)9(5-6)16-7-2-3-7/h4-5,7H,2-3,13H2,1H3. The van der Waals surface area contributed by atoms with Crippen molar-refractivity contribution in [1.82, 2.24) is 0 Å². The third-order valence-electron chi connectivity index (χ3n) is 2.33. The summed E-state index contributed by atoms with van der Waals surface area (Å²) in [4.78, 5) is 11.2. The molecule has 1 fully saturated rings. The van der Waals surface area contributed by atoms with Crippen molar-refractivity contribution >= 4 is 11.7 Å². The minimum Gasteiger partial charge on any atom is -0.488 e. The molecule has 0 aromatic heterocycles. The largest absolute Gasteiger partial charge is 0.488 e. The van der Waals surface area contributed by atoms with Crippen LogP contribution in [0.25, 0.3) is 0 Å². The van der Waals surface area contributed by atoms with Crippen molar-refractivity contribution < 1.29 is 18.7 Å². The van der Waals surface area contributed by atoms with Gasteiger partial charge in [0.25, 0.3) is 0 Å². The first kappa shape index (κ1) is 10.7. The maximum atomic E-state index is 13.4. The number of rotatable bonds is 3. The Balaban J connectivity index is 2.33. The Hall–Kier alpha value is -1.78. The normalized spacial score (nSPS) is 14.6. The van der Waals surface area contributed by atoms with Gasteiger partial charge in [0, 0.05) is 0 Å². The van der Waals surface area contributed by atoms with Gasteiger partial charge >= 0.3 is 5.97 Å². The van der Waals surface area contributed by atoms with E-state index in [1.54, 1.807) is 0 Å². The molecule has 86 valence electrons. The van der Waals surface area contributed by atoms with E-state index in [-0.39, 0.29) is 23.1 Å². The second-order valence-electron chi connectivity index (χ2n) is 3.68. The quantitative estimate of drug-likeness (QED) is 0.628. The molecule has 0 atom stereocenters. The number of ether oxygens (including phenoxy) is 2. The summed E-state index contributed by atoms with van der Waals surface area (Å²) in [7, 11) is 1.23. The van der Waals surface area contributed by atoms with Gasteiger partial charge in [0.2, 0.25) is 0 Å². The second-order valence-corrected chi connectivity index (χ2v) is 3.68. The summed E-state index contributed by atoms with van der Waals surface area (Å²) in [5.41, 5.74) is 5.55. The molecule has 0 amide bonds. The fraction of sp³-hybridized carbons (Fsp3) is 0.364. The molecule has 0 unspecified atom stereocenters. The number of carbonyl (C=O) groups is 1. The first-order chi connectivity index (χ1) is 7.61. The zero-order valence-corrected chi connectivity index (χ0v) is 8.83. The van der Waals surface area contributed by atoms with Gasteiger partial charge in [0.05, 0.1) is 18.8 Å². The predicted molar refractivity (Wildman–Crippen MR) is 55.8 cm³/mol. The zero-order chi connectivity index (χ0) is 11.7. The molecule has 1 aliphatic rings. The first-order valence-electron chi connectivity index (χ1n) is 4.96. The summed E-state index contributed by atoms with van der Waals surface area (Å²) in [6.45, 7) is 0. The van der Waals surface area contributed by atoms with Crippen LogP contribution in [-0.4, -0.2) is 19.2 Å². The molecule has 1 saturated carbocycles. The number of nitrogens with two attached hydrogens (primary N) is 1. The molecule has 0 saturated heterocycles. The summed E-state index contributed by atoms with van der Waals surface area (Å²) in [5.74, 6) is -1.07. The minimum absolute atomic E-state index is 0.0699. The maximum Gasteiger partial charge on any atom is 0.338 e. The van der Waals surface area contributed by atoms with Crippen LogP contribution in [0.1, 0.15) is 23.2 Å². The molecule has 1 aromatic rings. The number of nitrogen functional groups attached to an aromatic ring is 1. The highest BCUT2D eigenvalue weighted by Gasteiger charge is 2.25. The fourth-order valence-electron chi connectivity index (χ4n) is 1.29. The van der Waals surface area contributed by atoms with Crippen molar-refractivity contribution in [3.8, 4) is 5.75 Å². The van der Waals surface area contributed by atoms with Gasteiger partial charge in [-0.25, -0.2) is 9.18 Å². The van der Waals surface area contributed by atoms with Crippen LogP contribution in [-0.2, 0) is 4.74 Å². The van der Waals surface area contributed by atoms with Crippen LogP contribution in [0.15, 0.2) is 12.1 Å². The summed E-state index contributed by atoms with van der Waals surface area (Å²) >= 11 is 0. The lowest BCUT2D eigenvalue weighted by Crippen LogP contribution is -2.07. The van der Waals surface area contributed by atoms with E-state index < -0.39 is 11.8 Å². The summed E-state index contributed by atoms with van der Waals surface area (Å²) in [5, 5.41) is 0. The lowest BCUT2D eigenvalue weighted by atomic mass is 10.2. The Kier molecular flexibility index (Phi) is 2.68. The van der Waals surface area contributed by atoms with Crippen molar-refractivity contribution in [2.75, 3.05) is 12.8 Å². The molecule has 0 radical (unpaired) electrons. The van der Waals surface area contributed by atoms with Crippen molar-refractivity contribution in [2.45, 2.75) is 18.9 Å². The smallest absolute Gasteiger partial charge is 0.338 e. The number of methoxy groups -OCH3 is 1. The van der Waals surface area contributed by atoms with E-state index in [1.807, 2.05) is 0 Å². The number of hydrogen-bond donors (Lipinski definition) is 1. The molecule has 0 heterocycles. The predicted octanol–water partition coefficient (Wildman–Crippen LogP) is 1.74. The fourth-order valence-corrected chi connectivity index (χ4v) is 1.29. The monoisotopic (exact) mass is 225 g/mol. The molecule has 1 aromatic carbocycles. The first-order valence-corrected chi connectivity index (χ1v) is 4.96. The molecule has 4 nitrogen and oxygen atoms in total. The average Bonchev–Trinajstić information content (AvgIpc) is 3.07. The topological polar surface area (TPSA) is 61.5 Å². The van der Waals surface area contributed by atoms with Crippen molar-refractivity contribution in [3.05, 3.63) is 23.5 Å². The Morgan fingerprint density at radius 2 is 2.19 bits per heavy atom. The Bertz CT molecular complexity index is 429. The van der Waals surface area contributed by atoms with E-state index >= 15 is 0 Å². The summed E-state index contributed by atoms with van der Waals surface area (Å²) in [6, 6.07) is 2.45. The van der Waals surface area contributed by atoms with Crippen molar-refractivity contribution in [1.29, 1.82) is 0 Å². The third kappa shape index (κ3) is 2.08. The number of esters is 1. The van der Waals surface area contributed by atoms with Crippen LogP contribution in [0.3, 0.4) is 0 Å². The van der Waals surface area contributed by atoms with Crippen LogP contribution < -0.4 is 10.5 Å². The number of carbonyl (C=O) groups excluding carboxylic acids is 1. The molecular weight excluding hydrogens is 213 g/mol. The Morgan fingerprint density at radius 1 is 1.50 bits per heavy atom. The number of halogens is 1. The van der Waals surface area contributed by atoms with Crippen LogP contribution >= 0.6 is 0 Å². The molecule has 0 aliphatic heterocycles. The van der Waals surface area contributed by atoms with E-state index in [0.29, 0.717) is 0 Å². The molecule has 16 heavy (non-hydrogen) atoms. The maximum absolute atomic E-state index is 13.4.